The lowest BCUT2D eigenvalue weighted by atomic mass is 9.99. The van der Waals surface area contributed by atoms with Crippen LogP contribution in [0.5, 0.6) is 0 Å². The van der Waals surface area contributed by atoms with Gasteiger partial charge in [-0.25, -0.2) is 0 Å². The van der Waals surface area contributed by atoms with E-state index in [4.69, 9.17) is 19.6 Å². The molecule has 2 rings (SSSR count). The van der Waals surface area contributed by atoms with Crippen LogP contribution in [-0.4, -0.2) is 18.8 Å². The van der Waals surface area contributed by atoms with Gasteiger partial charge in [0.2, 0.25) is 6.29 Å². The summed E-state index contributed by atoms with van der Waals surface area (Å²) < 4.78 is 16.2. The number of furan rings is 1. The normalized spacial score (nSPS) is 33.1. The van der Waals surface area contributed by atoms with Crippen molar-refractivity contribution in [2.75, 3.05) is 13.2 Å². The molecule has 0 saturated carbocycles. The van der Waals surface area contributed by atoms with Crippen molar-refractivity contribution in [1.82, 2.24) is 0 Å². The molecule has 78 valence electrons. The molecule has 0 bridgehead atoms. The zero-order valence-electron chi connectivity index (χ0n) is 8.23. The summed E-state index contributed by atoms with van der Waals surface area (Å²) in [6.45, 7) is 3.05. The van der Waals surface area contributed by atoms with Crippen LogP contribution < -0.4 is 5.73 Å². The van der Waals surface area contributed by atoms with Gasteiger partial charge in [-0.05, 0) is 18.6 Å². The molecule has 1 aromatic heterocycles. The summed E-state index contributed by atoms with van der Waals surface area (Å²) in [6.07, 6.45) is 2.05. The van der Waals surface area contributed by atoms with Gasteiger partial charge in [0.15, 0.2) is 5.76 Å². The Balaban J connectivity index is 1.97. The quantitative estimate of drug-likeness (QED) is 0.779. The van der Waals surface area contributed by atoms with E-state index in [0.29, 0.717) is 19.0 Å². The Kier molecular flexibility index (Phi) is 2.58. The molecule has 0 radical (unpaired) electrons. The van der Waals surface area contributed by atoms with Gasteiger partial charge in [0.25, 0.3) is 0 Å². The van der Waals surface area contributed by atoms with Crippen LogP contribution in [0.4, 0.5) is 0 Å². The Morgan fingerprint density at radius 3 is 2.71 bits per heavy atom. The van der Waals surface area contributed by atoms with E-state index in [1.165, 1.54) is 0 Å². The Morgan fingerprint density at radius 2 is 2.21 bits per heavy atom. The lowest BCUT2D eigenvalue weighted by Crippen LogP contribution is -2.52. The average molecular weight is 197 g/mol. The van der Waals surface area contributed by atoms with Crippen molar-refractivity contribution in [3.8, 4) is 0 Å². The number of rotatable bonds is 2. The third kappa shape index (κ3) is 1.82. The molecular formula is C10H15NO3. The molecule has 0 amide bonds. The highest BCUT2D eigenvalue weighted by Crippen LogP contribution is 2.27. The van der Waals surface area contributed by atoms with E-state index in [1.54, 1.807) is 6.26 Å². The van der Waals surface area contributed by atoms with Crippen molar-refractivity contribution >= 4 is 0 Å². The van der Waals surface area contributed by atoms with Gasteiger partial charge in [-0.3, -0.25) is 0 Å². The summed E-state index contributed by atoms with van der Waals surface area (Å²) in [6, 6.07) is 3.65. The largest absolute Gasteiger partial charge is 0.464 e. The van der Waals surface area contributed by atoms with E-state index in [-0.39, 0.29) is 5.54 Å². The molecule has 14 heavy (non-hydrogen) atoms. The van der Waals surface area contributed by atoms with Crippen LogP contribution >= 0.6 is 0 Å². The van der Waals surface area contributed by atoms with E-state index in [1.807, 2.05) is 19.1 Å². The molecule has 4 heteroatoms. The summed E-state index contributed by atoms with van der Waals surface area (Å²) in [5, 5.41) is 0. The zero-order valence-corrected chi connectivity index (χ0v) is 8.23. The third-order valence-corrected chi connectivity index (χ3v) is 2.52. The Labute approximate surface area is 83.0 Å². The highest BCUT2D eigenvalue weighted by molar-refractivity contribution is 5.01. The molecule has 1 saturated heterocycles. The van der Waals surface area contributed by atoms with Gasteiger partial charge in [0, 0.05) is 0 Å². The molecule has 2 N–H and O–H groups in total. The minimum absolute atomic E-state index is 0.344. The fraction of sp³-hybridized carbons (Fsp3) is 0.600. The van der Waals surface area contributed by atoms with Gasteiger partial charge in [0.05, 0.1) is 25.0 Å². The monoisotopic (exact) mass is 197 g/mol. The number of ether oxygens (including phenoxy) is 2. The van der Waals surface area contributed by atoms with E-state index in [2.05, 4.69) is 0 Å². The Hall–Kier alpha value is -0.840. The summed E-state index contributed by atoms with van der Waals surface area (Å²) in [5.74, 6) is 0.697. The Bertz CT molecular complexity index is 276. The van der Waals surface area contributed by atoms with Crippen molar-refractivity contribution in [1.29, 1.82) is 0 Å². The average Bonchev–Trinajstić information content (AvgIpc) is 2.72. The van der Waals surface area contributed by atoms with E-state index >= 15 is 0 Å². The first-order valence-corrected chi connectivity index (χ1v) is 4.79. The van der Waals surface area contributed by atoms with Crippen LogP contribution in [-0.2, 0) is 9.47 Å². The first kappa shape index (κ1) is 9.71. The van der Waals surface area contributed by atoms with Crippen molar-refractivity contribution in [2.24, 2.45) is 5.73 Å². The first-order chi connectivity index (χ1) is 6.73. The van der Waals surface area contributed by atoms with Crippen LogP contribution in [0.15, 0.2) is 22.8 Å². The van der Waals surface area contributed by atoms with Crippen molar-refractivity contribution in [3.63, 3.8) is 0 Å². The molecule has 0 atom stereocenters. The van der Waals surface area contributed by atoms with Gasteiger partial charge in [-0.15, -0.1) is 0 Å². The molecule has 0 spiro atoms. The molecule has 0 aliphatic carbocycles. The number of hydrogen-bond donors (Lipinski definition) is 1. The van der Waals surface area contributed by atoms with E-state index < -0.39 is 6.29 Å². The van der Waals surface area contributed by atoms with Crippen LogP contribution in [0.2, 0.25) is 0 Å². The van der Waals surface area contributed by atoms with Crippen molar-refractivity contribution in [2.45, 2.75) is 25.2 Å². The highest BCUT2D eigenvalue weighted by Gasteiger charge is 2.33. The Morgan fingerprint density at radius 1 is 1.50 bits per heavy atom. The van der Waals surface area contributed by atoms with Crippen molar-refractivity contribution in [3.05, 3.63) is 24.2 Å². The summed E-state index contributed by atoms with van der Waals surface area (Å²) in [5.41, 5.74) is 5.65. The second-order valence-corrected chi connectivity index (χ2v) is 3.69. The third-order valence-electron chi connectivity index (χ3n) is 2.52. The maximum Gasteiger partial charge on any atom is 0.217 e. The second kappa shape index (κ2) is 3.73. The van der Waals surface area contributed by atoms with Gasteiger partial charge in [-0.1, -0.05) is 6.92 Å². The molecule has 1 fully saturated rings. The van der Waals surface area contributed by atoms with Crippen molar-refractivity contribution < 1.29 is 13.9 Å². The molecule has 1 aromatic rings. The molecule has 4 nitrogen and oxygen atoms in total. The molecule has 0 aromatic carbocycles. The second-order valence-electron chi connectivity index (χ2n) is 3.69. The van der Waals surface area contributed by atoms with Gasteiger partial charge in [0.1, 0.15) is 0 Å². The van der Waals surface area contributed by atoms with Gasteiger partial charge < -0.3 is 19.6 Å². The fourth-order valence-electron chi connectivity index (χ4n) is 1.37. The van der Waals surface area contributed by atoms with E-state index in [0.717, 1.165) is 6.42 Å². The SMILES string of the molecule is CCC1(N)COC(c2ccco2)OC1. The zero-order chi connectivity index (χ0) is 10.0. The summed E-state index contributed by atoms with van der Waals surface area (Å²) in [7, 11) is 0. The van der Waals surface area contributed by atoms with Crippen LogP contribution in [0.3, 0.4) is 0 Å². The standard InChI is InChI=1S/C10H15NO3/c1-2-10(11)6-13-9(14-7-10)8-4-3-5-12-8/h3-5,9H,2,6-7,11H2,1H3. The highest BCUT2D eigenvalue weighted by atomic mass is 16.7. The van der Waals surface area contributed by atoms with Crippen LogP contribution in [0.1, 0.15) is 25.4 Å². The van der Waals surface area contributed by atoms with Gasteiger partial charge in [-0.2, -0.15) is 0 Å². The topological polar surface area (TPSA) is 57.6 Å². The smallest absolute Gasteiger partial charge is 0.217 e. The first-order valence-electron chi connectivity index (χ1n) is 4.79. The number of hydrogen-bond acceptors (Lipinski definition) is 4. The minimum Gasteiger partial charge on any atom is -0.464 e. The molecule has 0 unspecified atom stereocenters. The maximum atomic E-state index is 5.99. The minimum atomic E-state index is -0.395. The maximum absolute atomic E-state index is 5.99. The molecule has 2 heterocycles. The molecule has 1 aliphatic heterocycles. The summed E-state index contributed by atoms with van der Waals surface area (Å²) in [4.78, 5) is 0. The van der Waals surface area contributed by atoms with Gasteiger partial charge >= 0.3 is 0 Å². The predicted octanol–water partition coefficient (Wildman–Crippen LogP) is 1.43. The molecule has 1 aliphatic rings. The predicted molar refractivity (Wildman–Crippen MR) is 50.6 cm³/mol. The van der Waals surface area contributed by atoms with Crippen LogP contribution in [0.25, 0.3) is 0 Å². The number of nitrogens with two attached hydrogens (primary N) is 1. The fourth-order valence-corrected chi connectivity index (χ4v) is 1.37. The molecular weight excluding hydrogens is 182 g/mol. The van der Waals surface area contributed by atoms with Crippen LogP contribution in [0, 0.1) is 0 Å². The lowest BCUT2D eigenvalue weighted by Gasteiger charge is -2.35. The summed E-state index contributed by atoms with van der Waals surface area (Å²) >= 11 is 0. The lowest BCUT2D eigenvalue weighted by molar-refractivity contribution is -0.219. The van der Waals surface area contributed by atoms with E-state index in [9.17, 15) is 0 Å².